The smallest absolute Gasteiger partial charge is 0.188 e. The molecule has 0 spiro atoms. The van der Waals surface area contributed by atoms with Crippen LogP contribution in [0.2, 0.25) is 0 Å². The maximum atomic E-state index is 8.97. The Morgan fingerprint density at radius 3 is 2.63 bits per heavy atom. The maximum Gasteiger partial charge on any atom is 0.188 e. The summed E-state index contributed by atoms with van der Waals surface area (Å²) >= 11 is 0. The molecule has 0 radical (unpaired) electrons. The number of nitriles is 1. The van der Waals surface area contributed by atoms with Crippen LogP contribution >= 0.6 is 0 Å². The topological polar surface area (TPSA) is 48.7 Å². The molecular formula is C14H19N3O2. The van der Waals surface area contributed by atoms with Crippen LogP contribution in [0, 0.1) is 11.3 Å². The molecule has 5 nitrogen and oxygen atoms in total. The van der Waals surface area contributed by atoms with Crippen LogP contribution in [0.15, 0.2) is 18.2 Å². The highest BCUT2D eigenvalue weighted by atomic mass is 16.7. The number of anilines is 1. The second-order valence-electron chi connectivity index (χ2n) is 4.64. The largest absolute Gasteiger partial charge is 0.465 e. The van der Waals surface area contributed by atoms with Crippen LogP contribution in [-0.2, 0) is 4.74 Å². The van der Waals surface area contributed by atoms with Crippen LogP contribution in [0.5, 0.6) is 5.75 Å². The molecule has 1 fully saturated rings. The fraction of sp³-hybridized carbons (Fsp3) is 0.500. The first-order valence-electron chi connectivity index (χ1n) is 6.34. The summed E-state index contributed by atoms with van der Waals surface area (Å²) in [6.45, 7) is 4.18. The van der Waals surface area contributed by atoms with E-state index >= 15 is 0 Å². The van der Waals surface area contributed by atoms with E-state index in [0.29, 0.717) is 11.3 Å². The number of nitrogens with zero attached hydrogens (tertiary/aromatic N) is 3. The molecule has 0 bridgehead atoms. The first-order chi connectivity index (χ1) is 9.24. The van der Waals surface area contributed by atoms with Gasteiger partial charge >= 0.3 is 0 Å². The third-order valence-corrected chi connectivity index (χ3v) is 3.27. The zero-order valence-corrected chi connectivity index (χ0v) is 11.4. The molecule has 0 saturated carbocycles. The van der Waals surface area contributed by atoms with E-state index in [1.54, 1.807) is 13.2 Å². The summed E-state index contributed by atoms with van der Waals surface area (Å²) < 4.78 is 10.5. The summed E-state index contributed by atoms with van der Waals surface area (Å²) in [5.41, 5.74) is 1.63. The Hall–Kier alpha value is -1.77. The van der Waals surface area contributed by atoms with Gasteiger partial charge in [-0.05, 0) is 19.2 Å². The number of benzene rings is 1. The van der Waals surface area contributed by atoms with Crippen molar-refractivity contribution in [1.82, 2.24) is 4.90 Å². The van der Waals surface area contributed by atoms with Gasteiger partial charge in [-0.3, -0.25) is 0 Å². The minimum Gasteiger partial charge on any atom is -0.465 e. The molecule has 0 atom stereocenters. The second kappa shape index (κ2) is 6.41. The highest BCUT2D eigenvalue weighted by Crippen LogP contribution is 2.30. The van der Waals surface area contributed by atoms with Crippen molar-refractivity contribution in [2.75, 3.05) is 52.0 Å². The molecule has 1 saturated heterocycles. The van der Waals surface area contributed by atoms with Gasteiger partial charge in [0.15, 0.2) is 6.79 Å². The average molecular weight is 261 g/mol. The van der Waals surface area contributed by atoms with Gasteiger partial charge in [0, 0.05) is 39.4 Å². The minimum atomic E-state index is 0.190. The summed E-state index contributed by atoms with van der Waals surface area (Å²) in [6.07, 6.45) is 0. The highest BCUT2D eigenvalue weighted by Gasteiger charge is 2.18. The van der Waals surface area contributed by atoms with Gasteiger partial charge in [0.05, 0.1) is 17.3 Å². The predicted octanol–water partition coefficient (Wildman–Crippen LogP) is 1.29. The Bertz CT molecular complexity index is 462. The lowest BCUT2D eigenvalue weighted by atomic mass is 10.1. The van der Waals surface area contributed by atoms with Crippen molar-refractivity contribution < 1.29 is 9.47 Å². The van der Waals surface area contributed by atoms with Gasteiger partial charge in [0.25, 0.3) is 0 Å². The molecule has 19 heavy (non-hydrogen) atoms. The molecule has 1 aromatic rings. The molecule has 0 N–H and O–H groups in total. The van der Waals surface area contributed by atoms with Crippen molar-refractivity contribution in [3.8, 4) is 11.8 Å². The fourth-order valence-corrected chi connectivity index (χ4v) is 2.13. The third kappa shape index (κ3) is 3.37. The van der Waals surface area contributed by atoms with Crippen molar-refractivity contribution in [1.29, 1.82) is 5.26 Å². The van der Waals surface area contributed by atoms with Crippen LogP contribution in [0.1, 0.15) is 5.56 Å². The second-order valence-corrected chi connectivity index (χ2v) is 4.64. The van der Waals surface area contributed by atoms with E-state index in [4.69, 9.17) is 14.7 Å². The van der Waals surface area contributed by atoms with Crippen molar-refractivity contribution >= 4 is 5.69 Å². The Kier molecular flexibility index (Phi) is 4.61. The number of rotatable bonds is 4. The van der Waals surface area contributed by atoms with Gasteiger partial charge in [0.1, 0.15) is 5.75 Å². The van der Waals surface area contributed by atoms with Crippen LogP contribution in [0.4, 0.5) is 5.69 Å². The highest BCUT2D eigenvalue weighted by molar-refractivity contribution is 5.61. The molecule has 0 aromatic heterocycles. The first kappa shape index (κ1) is 13.7. The zero-order valence-electron chi connectivity index (χ0n) is 11.4. The van der Waals surface area contributed by atoms with Gasteiger partial charge in [-0.2, -0.15) is 5.26 Å². The Morgan fingerprint density at radius 2 is 2.00 bits per heavy atom. The predicted molar refractivity (Wildman–Crippen MR) is 73.4 cm³/mol. The third-order valence-electron chi connectivity index (χ3n) is 3.27. The lowest BCUT2D eigenvalue weighted by molar-refractivity contribution is 0.0513. The first-order valence-corrected chi connectivity index (χ1v) is 6.34. The van der Waals surface area contributed by atoms with Crippen molar-refractivity contribution in [2.45, 2.75) is 0 Å². The summed E-state index contributed by atoms with van der Waals surface area (Å²) in [7, 11) is 3.71. The Balaban J connectivity index is 2.20. The number of hydrogen-bond donors (Lipinski definition) is 0. The van der Waals surface area contributed by atoms with Crippen molar-refractivity contribution in [2.24, 2.45) is 0 Å². The van der Waals surface area contributed by atoms with Crippen LogP contribution in [0.3, 0.4) is 0 Å². The van der Waals surface area contributed by atoms with E-state index in [2.05, 4.69) is 22.9 Å². The number of piperazine rings is 1. The molecule has 2 rings (SSSR count). The van der Waals surface area contributed by atoms with E-state index in [0.717, 1.165) is 31.9 Å². The van der Waals surface area contributed by atoms with Gasteiger partial charge < -0.3 is 19.3 Å². The number of methoxy groups -OCH3 is 1. The van der Waals surface area contributed by atoms with E-state index in [-0.39, 0.29) is 6.79 Å². The van der Waals surface area contributed by atoms with Gasteiger partial charge in [0.2, 0.25) is 0 Å². The quantitative estimate of drug-likeness (QED) is 0.764. The molecule has 0 unspecified atom stereocenters. The van der Waals surface area contributed by atoms with E-state index in [9.17, 15) is 0 Å². The average Bonchev–Trinajstić information content (AvgIpc) is 2.46. The normalized spacial score (nSPS) is 16.2. The fourth-order valence-electron chi connectivity index (χ4n) is 2.13. The maximum absolute atomic E-state index is 8.97. The van der Waals surface area contributed by atoms with Gasteiger partial charge in [-0.25, -0.2) is 0 Å². The summed E-state index contributed by atoms with van der Waals surface area (Å²) in [4.78, 5) is 4.59. The summed E-state index contributed by atoms with van der Waals surface area (Å²) in [6, 6.07) is 7.68. The lowest BCUT2D eigenvalue weighted by Crippen LogP contribution is -2.44. The molecule has 0 aliphatic carbocycles. The molecule has 0 amide bonds. The van der Waals surface area contributed by atoms with Crippen LogP contribution in [0.25, 0.3) is 0 Å². The standard InChI is InChI=1S/C14H19N3O2/c1-16-5-7-17(8-6-16)13-4-3-12(10-15)9-14(13)19-11-18-2/h3-4,9H,5-8,11H2,1-2H3. The lowest BCUT2D eigenvalue weighted by Gasteiger charge is -2.34. The SMILES string of the molecule is COCOc1cc(C#N)ccc1N1CCN(C)CC1. The molecule has 5 heteroatoms. The van der Waals surface area contributed by atoms with Crippen LogP contribution in [-0.4, -0.2) is 52.0 Å². The molecule has 1 aliphatic heterocycles. The van der Waals surface area contributed by atoms with Crippen molar-refractivity contribution in [3.63, 3.8) is 0 Å². The Labute approximate surface area is 113 Å². The monoisotopic (exact) mass is 261 g/mol. The van der Waals surface area contributed by atoms with Gasteiger partial charge in [-0.1, -0.05) is 0 Å². The molecule has 102 valence electrons. The Morgan fingerprint density at radius 1 is 1.26 bits per heavy atom. The number of hydrogen-bond acceptors (Lipinski definition) is 5. The van der Waals surface area contributed by atoms with E-state index in [1.807, 2.05) is 12.1 Å². The minimum absolute atomic E-state index is 0.190. The summed E-state index contributed by atoms with van der Waals surface area (Å²) in [5, 5.41) is 8.97. The van der Waals surface area contributed by atoms with E-state index in [1.165, 1.54) is 0 Å². The van der Waals surface area contributed by atoms with Crippen molar-refractivity contribution in [3.05, 3.63) is 23.8 Å². The zero-order chi connectivity index (χ0) is 13.7. The van der Waals surface area contributed by atoms with Gasteiger partial charge in [-0.15, -0.1) is 0 Å². The molecule has 1 heterocycles. The van der Waals surface area contributed by atoms with E-state index < -0.39 is 0 Å². The van der Waals surface area contributed by atoms with Crippen LogP contribution < -0.4 is 9.64 Å². The summed E-state index contributed by atoms with van der Waals surface area (Å²) in [5.74, 6) is 0.713. The molecule has 1 aliphatic rings. The number of likely N-dealkylation sites (N-methyl/N-ethyl adjacent to an activating group) is 1. The molecular weight excluding hydrogens is 242 g/mol. The molecule has 1 aromatic carbocycles. The number of ether oxygens (including phenoxy) is 2.